The number of hydrogen-bond acceptors (Lipinski definition) is 3. The Morgan fingerprint density at radius 3 is 2.21 bits per heavy atom. The van der Waals surface area contributed by atoms with E-state index < -0.39 is 11.9 Å². The molecule has 3 aromatic rings. The summed E-state index contributed by atoms with van der Waals surface area (Å²) in [6, 6.07) is 18.2. The maximum absolute atomic E-state index is 14.2. The average Bonchev–Trinajstić information content (AvgIpc) is 3.73. The highest BCUT2D eigenvalue weighted by Gasteiger charge is 2.13. The van der Waals surface area contributed by atoms with Gasteiger partial charge in [0.25, 0.3) is 0 Å². The Morgan fingerprint density at radius 1 is 0.941 bits per heavy atom. The maximum atomic E-state index is 14.2. The number of hydrogen-bond donors (Lipinski definition) is 2. The summed E-state index contributed by atoms with van der Waals surface area (Å²) in [6.45, 7) is 1.63. The van der Waals surface area contributed by atoms with Crippen molar-refractivity contribution in [2.45, 2.75) is 52.1 Å². The summed E-state index contributed by atoms with van der Waals surface area (Å²) in [7, 11) is 1.55. The molecule has 5 heteroatoms. The van der Waals surface area contributed by atoms with Crippen LogP contribution in [-0.4, -0.2) is 23.3 Å². The highest BCUT2D eigenvalue weighted by molar-refractivity contribution is 5.70. The van der Waals surface area contributed by atoms with Crippen molar-refractivity contribution in [3.05, 3.63) is 88.7 Å². The van der Waals surface area contributed by atoms with E-state index in [0.29, 0.717) is 17.7 Å². The van der Waals surface area contributed by atoms with Gasteiger partial charge >= 0.3 is 5.97 Å². The van der Waals surface area contributed by atoms with Crippen LogP contribution >= 0.6 is 0 Å². The van der Waals surface area contributed by atoms with E-state index in [2.05, 4.69) is 0 Å². The smallest absolute Gasteiger partial charge is 0.306 e. The molecule has 0 saturated heterocycles. The van der Waals surface area contributed by atoms with E-state index in [1.165, 1.54) is 25.3 Å². The number of aliphatic carboxylic acids is 1. The van der Waals surface area contributed by atoms with Gasteiger partial charge in [0.2, 0.25) is 0 Å². The van der Waals surface area contributed by atoms with E-state index in [1.807, 2.05) is 42.5 Å². The number of rotatable bonds is 9. The van der Waals surface area contributed by atoms with Gasteiger partial charge in [-0.2, -0.15) is 0 Å². The van der Waals surface area contributed by atoms with E-state index in [1.54, 1.807) is 26.2 Å². The summed E-state index contributed by atoms with van der Waals surface area (Å²) in [6.07, 6.45) is 6.43. The van der Waals surface area contributed by atoms with Crippen LogP contribution in [0, 0.1) is 11.7 Å². The maximum Gasteiger partial charge on any atom is 0.306 e. The van der Waals surface area contributed by atoms with Crippen LogP contribution in [0.4, 0.5) is 4.39 Å². The Morgan fingerprint density at radius 2 is 1.62 bits per heavy atom. The molecule has 1 atom stereocenters. The molecular formula is C29H33FO4. The number of ether oxygens (including phenoxy) is 1. The van der Waals surface area contributed by atoms with Crippen LogP contribution in [0.25, 0.3) is 11.1 Å². The second kappa shape index (κ2) is 12.3. The zero-order valence-electron chi connectivity index (χ0n) is 19.9. The summed E-state index contributed by atoms with van der Waals surface area (Å²) < 4.78 is 19.4. The van der Waals surface area contributed by atoms with E-state index in [4.69, 9.17) is 9.84 Å². The predicted molar refractivity (Wildman–Crippen MR) is 133 cm³/mol. The first-order valence-corrected chi connectivity index (χ1v) is 11.8. The normalized spacial score (nSPS) is 12.9. The fourth-order valence-corrected chi connectivity index (χ4v) is 3.62. The Kier molecular flexibility index (Phi) is 9.23. The monoisotopic (exact) mass is 464 g/mol. The van der Waals surface area contributed by atoms with Gasteiger partial charge in [-0.05, 0) is 65.3 Å². The van der Waals surface area contributed by atoms with Crippen molar-refractivity contribution in [2.75, 3.05) is 7.11 Å². The average molecular weight is 465 g/mol. The molecule has 0 spiro atoms. The first-order valence-electron chi connectivity index (χ1n) is 11.8. The third-order valence-electron chi connectivity index (χ3n) is 5.88. The quantitative estimate of drug-likeness (QED) is 0.395. The largest absolute Gasteiger partial charge is 0.497 e. The lowest BCUT2D eigenvalue weighted by molar-refractivity contribution is -0.141. The van der Waals surface area contributed by atoms with Crippen LogP contribution in [0.1, 0.15) is 48.4 Å². The number of aliphatic hydroxyl groups is 1. The van der Waals surface area contributed by atoms with Crippen LogP contribution in [0.3, 0.4) is 0 Å². The van der Waals surface area contributed by atoms with Gasteiger partial charge in [-0.15, -0.1) is 0 Å². The number of carboxylic acid groups (broad SMARTS) is 1. The summed E-state index contributed by atoms with van der Waals surface area (Å²) in [4.78, 5) is 11.1. The highest BCUT2D eigenvalue weighted by atomic mass is 19.1. The predicted octanol–water partition coefficient (Wildman–Crippen LogP) is 6.21. The van der Waals surface area contributed by atoms with Crippen LogP contribution in [-0.2, 0) is 30.7 Å². The number of methoxy groups -OCH3 is 1. The molecule has 34 heavy (non-hydrogen) atoms. The molecule has 0 aromatic heterocycles. The molecule has 4 nitrogen and oxygen atoms in total. The number of halogens is 1. The molecule has 180 valence electrons. The van der Waals surface area contributed by atoms with Gasteiger partial charge in [0.1, 0.15) is 11.6 Å². The lowest BCUT2D eigenvalue weighted by atomic mass is 9.93. The van der Waals surface area contributed by atoms with Crippen molar-refractivity contribution in [1.29, 1.82) is 0 Å². The molecular weight excluding hydrogens is 431 g/mol. The van der Waals surface area contributed by atoms with Crippen LogP contribution in [0.2, 0.25) is 0 Å². The van der Waals surface area contributed by atoms with E-state index in [9.17, 15) is 14.3 Å². The zero-order valence-corrected chi connectivity index (χ0v) is 19.9. The first kappa shape index (κ1) is 25.4. The van der Waals surface area contributed by atoms with E-state index in [0.717, 1.165) is 40.7 Å². The molecule has 2 N–H and O–H groups in total. The van der Waals surface area contributed by atoms with Gasteiger partial charge < -0.3 is 14.9 Å². The third kappa shape index (κ3) is 7.42. The Labute approximate surface area is 201 Å². The standard InChI is InChI=1S/C26H27FO4.C3H6/c1-17(26(29)30)13-19-6-10-22(16-28)21(14-19)9-5-18-3-7-20(8-4-18)24-15-23(31-2)11-12-25(24)27;1-2-3-1/h3-4,6-8,10-12,14-15,17,28H,5,9,13,16H2,1-2H3,(H,29,30);1-3H2. The molecule has 1 saturated carbocycles. The van der Waals surface area contributed by atoms with Crippen LogP contribution in [0.5, 0.6) is 5.75 Å². The van der Waals surface area contributed by atoms with Crippen molar-refractivity contribution in [1.82, 2.24) is 0 Å². The Balaban J connectivity index is 0.000000999. The molecule has 0 heterocycles. The molecule has 3 aromatic carbocycles. The van der Waals surface area contributed by atoms with Crippen molar-refractivity contribution < 1.29 is 24.1 Å². The fourth-order valence-electron chi connectivity index (χ4n) is 3.62. The molecule has 0 bridgehead atoms. The topological polar surface area (TPSA) is 66.8 Å². The number of benzene rings is 3. The Bertz CT molecular complexity index is 1090. The minimum Gasteiger partial charge on any atom is -0.497 e. The summed E-state index contributed by atoms with van der Waals surface area (Å²) in [5, 5.41) is 18.8. The lowest BCUT2D eigenvalue weighted by Gasteiger charge is -2.13. The van der Waals surface area contributed by atoms with Gasteiger partial charge in [-0.1, -0.05) is 68.7 Å². The van der Waals surface area contributed by atoms with Gasteiger partial charge in [-0.25, -0.2) is 4.39 Å². The molecule has 1 aliphatic rings. The fraction of sp³-hybridized carbons (Fsp3) is 0.345. The molecule has 1 aliphatic carbocycles. The zero-order chi connectivity index (χ0) is 24.5. The molecule has 0 radical (unpaired) electrons. The van der Waals surface area contributed by atoms with Crippen molar-refractivity contribution in [3.8, 4) is 16.9 Å². The van der Waals surface area contributed by atoms with Crippen molar-refractivity contribution in [3.63, 3.8) is 0 Å². The van der Waals surface area contributed by atoms with Crippen LogP contribution in [0.15, 0.2) is 60.7 Å². The molecule has 0 amide bonds. The third-order valence-corrected chi connectivity index (χ3v) is 5.88. The molecule has 0 aliphatic heterocycles. The van der Waals surface area contributed by atoms with Gasteiger partial charge in [-0.3, -0.25) is 4.79 Å². The van der Waals surface area contributed by atoms with Gasteiger partial charge in [0.15, 0.2) is 0 Å². The van der Waals surface area contributed by atoms with Crippen molar-refractivity contribution in [2.24, 2.45) is 5.92 Å². The van der Waals surface area contributed by atoms with Crippen molar-refractivity contribution >= 4 is 5.97 Å². The number of aryl methyl sites for hydroxylation is 2. The second-order valence-corrected chi connectivity index (χ2v) is 8.81. The summed E-state index contributed by atoms with van der Waals surface area (Å²) >= 11 is 0. The first-order chi connectivity index (χ1) is 16.4. The molecule has 1 unspecified atom stereocenters. The lowest BCUT2D eigenvalue weighted by Crippen LogP contribution is -2.12. The SMILES string of the molecule is C1CC1.COc1ccc(F)c(-c2ccc(CCc3cc(CC(C)C(=O)O)ccc3CO)cc2)c1. The Hall–Kier alpha value is -3.18. The minimum absolute atomic E-state index is 0.0574. The number of aliphatic hydroxyl groups excluding tert-OH is 1. The van der Waals surface area contributed by atoms with Gasteiger partial charge in [0, 0.05) is 5.56 Å². The van der Waals surface area contributed by atoms with Gasteiger partial charge in [0.05, 0.1) is 19.6 Å². The number of carbonyl (C=O) groups is 1. The second-order valence-electron chi connectivity index (χ2n) is 8.81. The molecule has 1 fully saturated rings. The van der Waals surface area contributed by atoms with E-state index >= 15 is 0 Å². The summed E-state index contributed by atoms with van der Waals surface area (Å²) in [5.74, 6) is -0.972. The molecule has 4 rings (SSSR count). The number of carboxylic acids is 1. The summed E-state index contributed by atoms with van der Waals surface area (Å²) in [5.41, 5.74) is 5.18. The van der Waals surface area contributed by atoms with E-state index in [-0.39, 0.29) is 12.4 Å². The minimum atomic E-state index is -0.819. The highest BCUT2D eigenvalue weighted by Crippen LogP contribution is 2.27. The van der Waals surface area contributed by atoms with Crippen LogP contribution < -0.4 is 4.74 Å².